The van der Waals surface area contributed by atoms with Crippen LogP contribution in [0.15, 0.2) is 96.8 Å². The quantitative estimate of drug-likeness (QED) is 0.295. The Labute approximate surface area is 195 Å². The zero-order valence-electron chi connectivity index (χ0n) is 17.4. The van der Waals surface area contributed by atoms with E-state index >= 15 is 0 Å². The van der Waals surface area contributed by atoms with Gasteiger partial charge in [0.05, 0.1) is 10.6 Å². The normalized spacial score (nSPS) is 13.6. The lowest BCUT2D eigenvalue weighted by Gasteiger charge is -2.09. The van der Waals surface area contributed by atoms with Gasteiger partial charge in [0.25, 0.3) is 0 Å². The van der Waals surface area contributed by atoms with Gasteiger partial charge in [-0.05, 0) is 47.0 Å². The Morgan fingerprint density at radius 1 is 0.879 bits per heavy atom. The SMILES string of the molecule is O=C1/C(=C/c2ccc(-c3ccccc3)cc2)Oc2cc(OCc3c(F)cccc3Cl)ccc21. The Bertz CT molecular complexity index is 1340. The second-order valence-electron chi connectivity index (χ2n) is 7.57. The predicted molar refractivity (Wildman–Crippen MR) is 127 cm³/mol. The van der Waals surface area contributed by atoms with Crippen molar-refractivity contribution < 1.29 is 18.7 Å². The first-order valence-corrected chi connectivity index (χ1v) is 10.8. The molecule has 0 aliphatic carbocycles. The van der Waals surface area contributed by atoms with Crippen molar-refractivity contribution >= 4 is 23.5 Å². The zero-order valence-corrected chi connectivity index (χ0v) is 18.2. The number of ketones is 1. The average molecular weight is 457 g/mol. The first-order valence-electron chi connectivity index (χ1n) is 10.4. The number of allylic oxidation sites excluding steroid dienone is 1. The van der Waals surface area contributed by atoms with Crippen LogP contribution in [-0.4, -0.2) is 5.78 Å². The molecule has 1 heterocycles. The van der Waals surface area contributed by atoms with Crippen LogP contribution in [0.2, 0.25) is 5.02 Å². The van der Waals surface area contributed by atoms with E-state index in [-0.39, 0.29) is 23.7 Å². The predicted octanol–water partition coefficient (Wildman–Crippen LogP) is 7.34. The van der Waals surface area contributed by atoms with Crippen molar-refractivity contribution in [2.45, 2.75) is 6.61 Å². The Kier molecular flexibility index (Phi) is 5.68. The summed E-state index contributed by atoms with van der Waals surface area (Å²) in [6, 6.07) is 27.4. The number of rotatable bonds is 5. The molecule has 0 saturated heterocycles. The molecule has 162 valence electrons. The molecule has 0 aromatic heterocycles. The van der Waals surface area contributed by atoms with Crippen LogP contribution in [0, 0.1) is 5.82 Å². The molecule has 5 heteroatoms. The van der Waals surface area contributed by atoms with E-state index in [1.165, 1.54) is 6.07 Å². The van der Waals surface area contributed by atoms with Crippen LogP contribution >= 0.6 is 11.6 Å². The summed E-state index contributed by atoms with van der Waals surface area (Å²) in [6.45, 7) is -0.0330. The number of Topliss-reactive ketones (excluding diaryl/α,β-unsaturated/α-hetero) is 1. The number of hydrogen-bond donors (Lipinski definition) is 0. The minimum absolute atomic E-state index is 0.0330. The van der Waals surface area contributed by atoms with Gasteiger partial charge in [-0.25, -0.2) is 4.39 Å². The van der Waals surface area contributed by atoms with Gasteiger partial charge in [0.1, 0.15) is 23.9 Å². The molecule has 1 aliphatic heterocycles. The third-order valence-corrected chi connectivity index (χ3v) is 5.76. The molecule has 5 rings (SSSR count). The highest BCUT2D eigenvalue weighted by Gasteiger charge is 2.27. The Morgan fingerprint density at radius 3 is 2.39 bits per heavy atom. The van der Waals surface area contributed by atoms with Crippen LogP contribution in [-0.2, 0) is 6.61 Å². The zero-order chi connectivity index (χ0) is 22.8. The van der Waals surface area contributed by atoms with Crippen LogP contribution in [0.25, 0.3) is 17.2 Å². The molecule has 0 saturated carbocycles. The molecule has 0 radical (unpaired) electrons. The van der Waals surface area contributed by atoms with E-state index in [2.05, 4.69) is 0 Å². The smallest absolute Gasteiger partial charge is 0.231 e. The summed E-state index contributed by atoms with van der Waals surface area (Å²) in [5.74, 6) is 0.477. The second kappa shape index (κ2) is 8.93. The third-order valence-electron chi connectivity index (χ3n) is 5.40. The number of fused-ring (bicyclic) bond motifs is 1. The van der Waals surface area contributed by atoms with Gasteiger partial charge in [-0.15, -0.1) is 0 Å². The molecule has 0 amide bonds. The van der Waals surface area contributed by atoms with Gasteiger partial charge in [0.15, 0.2) is 5.76 Å². The lowest BCUT2D eigenvalue weighted by atomic mass is 10.0. The fraction of sp³-hybridized carbons (Fsp3) is 0.0357. The van der Waals surface area contributed by atoms with Crippen LogP contribution < -0.4 is 9.47 Å². The maximum atomic E-state index is 14.0. The second-order valence-corrected chi connectivity index (χ2v) is 7.98. The summed E-state index contributed by atoms with van der Waals surface area (Å²) in [4.78, 5) is 12.8. The highest BCUT2D eigenvalue weighted by atomic mass is 35.5. The topological polar surface area (TPSA) is 35.5 Å². The highest BCUT2D eigenvalue weighted by molar-refractivity contribution is 6.31. The standard InChI is InChI=1S/C28H18ClFO3/c29-24-7-4-8-25(30)23(24)17-32-21-13-14-22-26(16-21)33-27(28(22)31)15-18-9-11-20(12-10-18)19-5-2-1-3-6-19/h1-16H,17H2/b27-15-. The van der Waals surface area contributed by atoms with E-state index in [0.717, 1.165) is 16.7 Å². The number of halogens is 2. The fourth-order valence-corrected chi connectivity index (χ4v) is 3.85. The van der Waals surface area contributed by atoms with Crippen LogP contribution in [0.3, 0.4) is 0 Å². The first-order chi connectivity index (χ1) is 16.1. The average Bonchev–Trinajstić information content (AvgIpc) is 3.14. The molecule has 33 heavy (non-hydrogen) atoms. The van der Waals surface area contributed by atoms with Crippen molar-refractivity contribution in [3.8, 4) is 22.6 Å². The number of ether oxygens (including phenoxy) is 2. The van der Waals surface area contributed by atoms with Crippen molar-refractivity contribution in [1.29, 1.82) is 0 Å². The van der Waals surface area contributed by atoms with Crippen molar-refractivity contribution in [2.24, 2.45) is 0 Å². The third kappa shape index (κ3) is 4.38. The van der Waals surface area contributed by atoms with Gasteiger partial charge < -0.3 is 9.47 Å². The van der Waals surface area contributed by atoms with Gasteiger partial charge in [0, 0.05) is 11.6 Å². The summed E-state index contributed by atoms with van der Waals surface area (Å²) >= 11 is 6.05. The lowest BCUT2D eigenvalue weighted by Crippen LogP contribution is -1.99. The molecule has 0 bridgehead atoms. The molecule has 0 fully saturated rings. The minimum atomic E-state index is -0.432. The van der Waals surface area contributed by atoms with Crippen molar-refractivity contribution in [3.63, 3.8) is 0 Å². The van der Waals surface area contributed by atoms with E-state index in [1.807, 2.05) is 54.6 Å². The van der Waals surface area contributed by atoms with E-state index < -0.39 is 5.82 Å². The Balaban J connectivity index is 1.32. The number of carbonyl (C=O) groups is 1. The van der Waals surface area contributed by atoms with Crippen molar-refractivity contribution in [2.75, 3.05) is 0 Å². The van der Waals surface area contributed by atoms with Crippen molar-refractivity contribution in [3.05, 3.63) is 124 Å². The summed E-state index contributed by atoms with van der Waals surface area (Å²) in [5.41, 5.74) is 3.81. The number of hydrogen-bond acceptors (Lipinski definition) is 3. The Hall–Kier alpha value is -3.89. The molecule has 3 nitrogen and oxygen atoms in total. The molecular formula is C28H18ClFO3. The molecule has 4 aromatic carbocycles. The fourth-order valence-electron chi connectivity index (χ4n) is 3.64. The molecule has 0 N–H and O–H groups in total. The molecule has 0 unspecified atom stereocenters. The first kappa shape index (κ1) is 21.0. The molecular weight excluding hydrogens is 439 g/mol. The summed E-state index contributed by atoms with van der Waals surface area (Å²) < 4.78 is 25.5. The van der Waals surface area contributed by atoms with Crippen molar-refractivity contribution in [1.82, 2.24) is 0 Å². The van der Waals surface area contributed by atoms with Gasteiger partial charge in [-0.1, -0.05) is 72.3 Å². The molecule has 0 atom stereocenters. The molecule has 4 aromatic rings. The molecule has 0 spiro atoms. The Morgan fingerprint density at radius 2 is 1.64 bits per heavy atom. The maximum absolute atomic E-state index is 14.0. The van der Waals surface area contributed by atoms with E-state index in [9.17, 15) is 9.18 Å². The largest absolute Gasteiger partial charge is 0.489 e. The van der Waals surface area contributed by atoms with E-state index in [0.29, 0.717) is 22.1 Å². The van der Waals surface area contributed by atoms with E-state index in [4.69, 9.17) is 21.1 Å². The lowest BCUT2D eigenvalue weighted by molar-refractivity contribution is 0.101. The highest BCUT2D eigenvalue weighted by Crippen LogP contribution is 2.35. The van der Waals surface area contributed by atoms with Crippen LogP contribution in [0.4, 0.5) is 4.39 Å². The van der Waals surface area contributed by atoms with Crippen LogP contribution in [0.1, 0.15) is 21.5 Å². The minimum Gasteiger partial charge on any atom is -0.489 e. The monoisotopic (exact) mass is 456 g/mol. The number of carbonyl (C=O) groups excluding carboxylic acids is 1. The number of benzene rings is 4. The molecule has 1 aliphatic rings. The van der Waals surface area contributed by atoms with Gasteiger partial charge in [-0.2, -0.15) is 0 Å². The van der Waals surface area contributed by atoms with E-state index in [1.54, 1.807) is 36.4 Å². The van der Waals surface area contributed by atoms with Gasteiger partial charge >= 0.3 is 0 Å². The summed E-state index contributed by atoms with van der Waals surface area (Å²) in [5, 5.41) is 0.297. The maximum Gasteiger partial charge on any atom is 0.231 e. The summed E-state index contributed by atoms with van der Waals surface area (Å²) in [7, 11) is 0. The summed E-state index contributed by atoms with van der Waals surface area (Å²) in [6.07, 6.45) is 1.72. The van der Waals surface area contributed by atoms with Gasteiger partial charge in [-0.3, -0.25) is 4.79 Å². The van der Waals surface area contributed by atoms with Crippen LogP contribution in [0.5, 0.6) is 11.5 Å². The van der Waals surface area contributed by atoms with Gasteiger partial charge in [0.2, 0.25) is 5.78 Å².